The molecule has 1 aromatic heterocycles. The summed E-state index contributed by atoms with van der Waals surface area (Å²) < 4.78 is 5.54. The van der Waals surface area contributed by atoms with Gasteiger partial charge in [0.25, 0.3) is 0 Å². The lowest BCUT2D eigenvalue weighted by molar-refractivity contribution is 0.0938. The first-order valence-corrected chi connectivity index (χ1v) is 4.81. The molecule has 0 bridgehead atoms. The number of carbonyl (C=O) groups is 1. The van der Waals surface area contributed by atoms with E-state index in [9.17, 15) is 9.59 Å². The third-order valence-corrected chi connectivity index (χ3v) is 2.30. The molecule has 0 saturated carbocycles. The molecule has 3 N–H and O–H groups in total. The van der Waals surface area contributed by atoms with Crippen LogP contribution in [0.1, 0.15) is 16.2 Å². The quantitative estimate of drug-likeness (QED) is 0.423. The largest absolute Gasteiger partial charge is 0.446 e. The molecular formula is C10H10N4O3. The van der Waals surface area contributed by atoms with Gasteiger partial charge in [-0.2, -0.15) is 0 Å². The Morgan fingerprint density at radius 3 is 2.82 bits per heavy atom. The van der Waals surface area contributed by atoms with E-state index in [1.165, 1.54) is 0 Å². The van der Waals surface area contributed by atoms with E-state index >= 15 is 0 Å². The molecule has 17 heavy (non-hydrogen) atoms. The van der Waals surface area contributed by atoms with Crippen LogP contribution in [0.25, 0.3) is 5.69 Å². The van der Waals surface area contributed by atoms with E-state index in [0.29, 0.717) is 5.69 Å². The van der Waals surface area contributed by atoms with Gasteiger partial charge in [-0.25, -0.2) is 15.2 Å². The van der Waals surface area contributed by atoms with Crippen molar-refractivity contribution in [3.8, 4) is 5.69 Å². The number of para-hydroxylation sites is 1. The van der Waals surface area contributed by atoms with Crippen LogP contribution in [-0.4, -0.2) is 15.6 Å². The minimum Gasteiger partial charge on any atom is -0.295 e. The van der Waals surface area contributed by atoms with Gasteiger partial charge in [0.15, 0.2) is 0 Å². The fourth-order valence-corrected chi connectivity index (χ4v) is 1.48. The van der Waals surface area contributed by atoms with E-state index in [-0.39, 0.29) is 5.82 Å². The number of nitrogens with zero attached hydrogens (tertiary/aromatic N) is 2. The van der Waals surface area contributed by atoms with Crippen molar-refractivity contribution in [1.82, 2.24) is 15.1 Å². The van der Waals surface area contributed by atoms with Crippen LogP contribution < -0.4 is 17.0 Å². The average molecular weight is 234 g/mol. The maximum Gasteiger partial charge on any atom is 0.446 e. The van der Waals surface area contributed by atoms with E-state index in [1.807, 2.05) is 11.5 Å². The standard InChI is InChI=1S/C10H10N4O3/c1-6-4-2-3-5-7(6)14-8(9(15)12-11)13-17-10(14)16/h2-5H,11H2,1H3,(H,12,15). The van der Waals surface area contributed by atoms with Crippen molar-refractivity contribution in [1.29, 1.82) is 0 Å². The summed E-state index contributed by atoms with van der Waals surface area (Å²) in [6.45, 7) is 1.80. The number of rotatable bonds is 2. The zero-order chi connectivity index (χ0) is 12.4. The number of nitrogens with two attached hydrogens (primary N) is 1. The lowest BCUT2D eigenvalue weighted by Gasteiger charge is -2.05. The van der Waals surface area contributed by atoms with Gasteiger partial charge in [0.2, 0.25) is 5.82 Å². The SMILES string of the molecule is Cc1ccccc1-n1c(C(=O)NN)noc1=O. The summed E-state index contributed by atoms with van der Waals surface area (Å²) in [7, 11) is 0. The number of hydrogen-bond donors (Lipinski definition) is 2. The van der Waals surface area contributed by atoms with Crippen LogP contribution in [0.4, 0.5) is 0 Å². The number of nitrogens with one attached hydrogen (secondary N) is 1. The van der Waals surface area contributed by atoms with Gasteiger partial charge in [-0.3, -0.25) is 14.7 Å². The summed E-state index contributed by atoms with van der Waals surface area (Å²) >= 11 is 0. The predicted octanol–water partition coefficient (Wildman–Crippen LogP) is -0.263. The lowest BCUT2D eigenvalue weighted by Crippen LogP contribution is -2.33. The van der Waals surface area contributed by atoms with Crippen LogP contribution in [-0.2, 0) is 0 Å². The third-order valence-electron chi connectivity index (χ3n) is 2.30. The van der Waals surface area contributed by atoms with Crippen LogP contribution in [0.2, 0.25) is 0 Å². The number of amides is 1. The molecule has 0 spiro atoms. The number of nitrogen functional groups attached to an aromatic ring is 1. The number of aromatic nitrogens is 2. The summed E-state index contributed by atoms with van der Waals surface area (Å²) in [5, 5.41) is 3.39. The van der Waals surface area contributed by atoms with Gasteiger partial charge in [-0.05, 0) is 23.7 Å². The summed E-state index contributed by atoms with van der Waals surface area (Å²) in [5.41, 5.74) is 3.24. The number of benzene rings is 1. The molecule has 0 saturated heterocycles. The fourth-order valence-electron chi connectivity index (χ4n) is 1.48. The van der Waals surface area contributed by atoms with Gasteiger partial charge in [0.05, 0.1) is 5.69 Å². The van der Waals surface area contributed by atoms with Crippen molar-refractivity contribution in [3.05, 3.63) is 46.2 Å². The third kappa shape index (κ3) is 1.83. The molecule has 0 aliphatic carbocycles. The van der Waals surface area contributed by atoms with Crippen molar-refractivity contribution in [2.24, 2.45) is 5.84 Å². The molecule has 0 aliphatic rings. The first-order valence-electron chi connectivity index (χ1n) is 4.81. The number of aryl methyl sites for hydroxylation is 1. The molecule has 2 rings (SSSR count). The topological polar surface area (TPSA) is 103 Å². The number of hydrazine groups is 1. The highest BCUT2D eigenvalue weighted by atomic mass is 16.5. The van der Waals surface area contributed by atoms with Crippen molar-refractivity contribution < 1.29 is 9.32 Å². The smallest absolute Gasteiger partial charge is 0.295 e. The van der Waals surface area contributed by atoms with Crippen molar-refractivity contribution in [3.63, 3.8) is 0 Å². The van der Waals surface area contributed by atoms with E-state index in [1.54, 1.807) is 25.1 Å². The lowest BCUT2D eigenvalue weighted by atomic mass is 10.2. The molecule has 0 aliphatic heterocycles. The first kappa shape index (κ1) is 11.1. The van der Waals surface area contributed by atoms with E-state index in [2.05, 4.69) is 9.68 Å². The Morgan fingerprint density at radius 1 is 1.47 bits per heavy atom. The van der Waals surface area contributed by atoms with E-state index < -0.39 is 11.7 Å². The highest BCUT2D eigenvalue weighted by Gasteiger charge is 2.19. The summed E-state index contributed by atoms with van der Waals surface area (Å²) in [6, 6.07) is 7.05. The molecule has 7 heteroatoms. The Labute approximate surface area is 95.8 Å². The van der Waals surface area contributed by atoms with Crippen molar-refractivity contribution >= 4 is 5.91 Å². The molecule has 1 amide bonds. The second-order valence-electron chi connectivity index (χ2n) is 3.37. The second kappa shape index (κ2) is 4.22. The molecule has 2 aromatic rings. The van der Waals surface area contributed by atoms with Crippen LogP contribution in [0.3, 0.4) is 0 Å². The van der Waals surface area contributed by atoms with E-state index in [0.717, 1.165) is 10.1 Å². The van der Waals surface area contributed by atoms with Gasteiger partial charge >= 0.3 is 11.7 Å². The Bertz CT molecular complexity index is 614. The van der Waals surface area contributed by atoms with Crippen LogP contribution in [0.15, 0.2) is 33.6 Å². The number of carbonyl (C=O) groups excluding carboxylic acids is 1. The first-order chi connectivity index (χ1) is 8.15. The van der Waals surface area contributed by atoms with Crippen molar-refractivity contribution in [2.75, 3.05) is 0 Å². The van der Waals surface area contributed by atoms with Gasteiger partial charge in [-0.1, -0.05) is 18.2 Å². The van der Waals surface area contributed by atoms with Gasteiger partial charge < -0.3 is 0 Å². The molecular weight excluding hydrogens is 224 g/mol. The minimum absolute atomic E-state index is 0.188. The number of hydrogen-bond acceptors (Lipinski definition) is 5. The second-order valence-corrected chi connectivity index (χ2v) is 3.37. The van der Waals surface area contributed by atoms with Crippen LogP contribution in [0, 0.1) is 6.92 Å². The Morgan fingerprint density at radius 2 is 2.18 bits per heavy atom. The molecule has 0 atom stereocenters. The Hall–Kier alpha value is -2.41. The normalized spacial score (nSPS) is 10.2. The van der Waals surface area contributed by atoms with E-state index in [4.69, 9.17) is 5.84 Å². The monoisotopic (exact) mass is 234 g/mol. The highest BCUT2D eigenvalue weighted by molar-refractivity contribution is 5.90. The zero-order valence-corrected chi connectivity index (χ0v) is 9.01. The Balaban J connectivity index is 2.68. The van der Waals surface area contributed by atoms with Crippen molar-refractivity contribution in [2.45, 2.75) is 6.92 Å². The van der Waals surface area contributed by atoms with Crippen LogP contribution in [0.5, 0.6) is 0 Å². The summed E-state index contributed by atoms with van der Waals surface area (Å²) in [4.78, 5) is 22.9. The molecule has 1 aromatic carbocycles. The van der Waals surface area contributed by atoms with Crippen LogP contribution >= 0.6 is 0 Å². The summed E-state index contributed by atoms with van der Waals surface area (Å²) in [6.07, 6.45) is 0. The van der Waals surface area contributed by atoms with Gasteiger partial charge in [0.1, 0.15) is 0 Å². The average Bonchev–Trinajstić information content (AvgIpc) is 2.71. The highest BCUT2D eigenvalue weighted by Crippen LogP contribution is 2.12. The zero-order valence-electron chi connectivity index (χ0n) is 9.01. The molecule has 1 heterocycles. The molecule has 0 unspecified atom stereocenters. The maximum absolute atomic E-state index is 11.5. The minimum atomic E-state index is -0.738. The van der Waals surface area contributed by atoms with Gasteiger partial charge in [-0.15, -0.1) is 0 Å². The molecule has 0 radical (unpaired) electrons. The molecule has 7 nitrogen and oxygen atoms in total. The van der Waals surface area contributed by atoms with Gasteiger partial charge in [0, 0.05) is 0 Å². The fraction of sp³-hybridized carbons (Fsp3) is 0.100. The predicted molar refractivity (Wildman–Crippen MR) is 58.5 cm³/mol. The molecule has 0 fully saturated rings. The Kier molecular flexibility index (Phi) is 2.75. The molecule has 88 valence electrons. The summed E-state index contributed by atoms with van der Waals surface area (Å²) in [5.74, 6) is 3.38. The maximum atomic E-state index is 11.5.